The number of aromatic nitrogens is 2. The molecule has 3 rings (SSSR count). The highest BCUT2D eigenvalue weighted by Crippen LogP contribution is 2.31. The van der Waals surface area contributed by atoms with Gasteiger partial charge in [0.1, 0.15) is 11.6 Å². The Morgan fingerprint density at radius 1 is 1.10 bits per heavy atom. The van der Waals surface area contributed by atoms with Gasteiger partial charge in [-0.15, -0.1) is 0 Å². The zero-order valence-corrected chi connectivity index (χ0v) is 11.8. The zero-order chi connectivity index (χ0) is 14.3. The topological polar surface area (TPSA) is 41.1 Å². The van der Waals surface area contributed by atoms with Crippen LogP contribution in [0.25, 0.3) is 16.9 Å². The Balaban J connectivity index is 2.50. The Morgan fingerprint density at radius 3 is 2.45 bits per heavy atom. The minimum atomic E-state index is 0.663. The fourth-order valence-electron chi connectivity index (χ4n) is 2.76. The maximum atomic E-state index is 9.46. The van der Waals surface area contributed by atoms with Gasteiger partial charge >= 0.3 is 0 Å². The third kappa shape index (κ3) is 1.70. The van der Waals surface area contributed by atoms with Crippen molar-refractivity contribution in [2.45, 2.75) is 20.8 Å². The number of nitriles is 1. The standard InChI is InChI=1S/C17H15N3/c1-11-9-12(2)20-16(14-7-5-4-6-8-14)13(3)15(10-18)17(20)19-11/h4-9H,1-3H3. The van der Waals surface area contributed by atoms with Crippen LogP contribution >= 0.6 is 0 Å². The van der Waals surface area contributed by atoms with Crippen LogP contribution in [0.15, 0.2) is 36.4 Å². The van der Waals surface area contributed by atoms with Gasteiger partial charge in [0, 0.05) is 11.4 Å². The molecule has 20 heavy (non-hydrogen) atoms. The summed E-state index contributed by atoms with van der Waals surface area (Å²) in [5, 5.41) is 9.46. The molecular formula is C17H15N3. The highest BCUT2D eigenvalue weighted by atomic mass is 15.0. The number of rotatable bonds is 1. The normalized spacial score (nSPS) is 10.7. The van der Waals surface area contributed by atoms with Gasteiger partial charge in [-0.1, -0.05) is 30.3 Å². The number of fused-ring (bicyclic) bond motifs is 1. The van der Waals surface area contributed by atoms with Gasteiger partial charge in [0.25, 0.3) is 0 Å². The minimum absolute atomic E-state index is 0.663. The van der Waals surface area contributed by atoms with E-state index in [1.54, 1.807) is 0 Å². The molecule has 0 unspecified atom stereocenters. The molecule has 0 spiro atoms. The third-order valence-electron chi connectivity index (χ3n) is 3.60. The zero-order valence-electron chi connectivity index (χ0n) is 11.8. The molecule has 0 radical (unpaired) electrons. The van der Waals surface area contributed by atoms with E-state index in [1.165, 1.54) is 0 Å². The number of aryl methyl sites for hydroxylation is 2. The number of hydrogen-bond donors (Lipinski definition) is 0. The largest absolute Gasteiger partial charge is 0.297 e. The van der Waals surface area contributed by atoms with Gasteiger partial charge in [-0.3, -0.25) is 4.40 Å². The lowest BCUT2D eigenvalue weighted by atomic mass is 10.1. The molecule has 0 aliphatic carbocycles. The van der Waals surface area contributed by atoms with Crippen molar-refractivity contribution in [1.82, 2.24) is 9.38 Å². The van der Waals surface area contributed by atoms with Gasteiger partial charge in [0.15, 0.2) is 5.65 Å². The third-order valence-corrected chi connectivity index (χ3v) is 3.60. The summed E-state index contributed by atoms with van der Waals surface area (Å²) in [6, 6.07) is 14.5. The maximum Gasteiger partial charge on any atom is 0.155 e. The fraction of sp³-hybridized carbons (Fsp3) is 0.176. The van der Waals surface area contributed by atoms with Crippen LogP contribution in [0.5, 0.6) is 0 Å². The molecule has 0 bridgehead atoms. The first-order valence-corrected chi connectivity index (χ1v) is 6.58. The van der Waals surface area contributed by atoms with Crippen molar-refractivity contribution in [3.8, 4) is 17.3 Å². The van der Waals surface area contributed by atoms with E-state index in [0.717, 1.165) is 33.9 Å². The summed E-state index contributed by atoms with van der Waals surface area (Å²) in [6.07, 6.45) is 0. The average molecular weight is 261 g/mol. The van der Waals surface area contributed by atoms with Crippen molar-refractivity contribution in [3.05, 3.63) is 58.9 Å². The smallest absolute Gasteiger partial charge is 0.155 e. The Labute approximate surface area is 118 Å². The van der Waals surface area contributed by atoms with Crippen LogP contribution in [0.4, 0.5) is 0 Å². The van der Waals surface area contributed by atoms with Gasteiger partial charge < -0.3 is 0 Å². The van der Waals surface area contributed by atoms with E-state index in [-0.39, 0.29) is 0 Å². The van der Waals surface area contributed by atoms with Crippen LogP contribution in [0, 0.1) is 32.1 Å². The Morgan fingerprint density at radius 2 is 1.80 bits per heavy atom. The summed E-state index contributed by atoms with van der Waals surface area (Å²) in [7, 11) is 0. The summed E-state index contributed by atoms with van der Waals surface area (Å²) in [5.74, 6) is 0. The molecule has 0 atom stereocenters. The van der Waals surface area contributed by atoms with Gasteiger partial charge in [-0.2, -0.15) is 5.26 Å². The number of benzene rings is 1. The maximum absolute atomic E-state index is 9.46. The van der Waals surface area contributed by atoms with E-state index in [4.69, 9.17) is 0 Å². The molecule has 2 aromatic heterocycles. The van der Waals surface area contributed by atoms with Crippen LogP contribution in [0.1, 0.15) is 22.5 Å². The summed E-state index contributed by atoms with van der Waals surface area (Å²) in [5.41, 5.74) is 6.59. The van der Waals surface area contributed by atoms with E-state index in [9.17, 15) is 5.26 Å². The first kappa shape index (κ1) is 12.4. The van der Waals surface area contributed by atoms with E-state index >= 15 is 0 Å². The number of hydrogen-bond acceptors (Lipinski definition) is 2. The lowest BCUT2D eigenvalue weighted by Crippen LogP contribution is -1.98. The van der Waals surface area contributed by atoms with Gasteiger partial charge in [-0.25, -0.2) is 4.98 Å². The van der Waals surface area contributed by atoms with Crippen molar-refractivity contribution < 1.29 is 0 Å². The molecule has 0 fully saturated rings. The molecule has 0 saturated carbocycles. The predicted molar refractivity (Wildman–Crippen MR) is 79.6 cm³/mol. The van der Waals surface area contributed by atoms with Crippen molar-refractivity contribution in [1.29, 1.82) is 5.26 Å². The van der Waals surface area contributed by atoms with E-state index in [2.05, 4.69) is 34.5 Å². The van der Waals surface area contributed by atoms with Crippen molar-refractivity contribution in [3.63, 3.8) is 0 Å². The summed E-state index contributed by atoms with van der Waals surface area (Å²) in [6.45, 7) is 6.00. The summed E-state index contributed by atoms with van der Waals surface area (Å²) >= 11 is 0. The monoisotopic (exact) mass is 261 g/mol. The first-order chi connectivity index (χ1) is 9.63. The number of nitrogens with zero attached hydrogens (tertiary/aromatic N) is 3. The Kier molecular flexibility index (Phi) is 2.80. The Hall–Kier alpha value is -2.60. The minimum Gasteiger partial charge on any atom is -0.297 e. The molecule has 2 heterocycles. The van der Waals surface area contributed by atoms with Crippen molar-refractivity contribution in [2.75, 3.05) is 0 Å². The van der Waals surface area contributed by atoms with E-state index in [0.29, 0.717) is 5.56 Å². The predicted octanol–water partition coefficient (Wildman–Crippen LogP) is 3.80. The first-order valence-electron chi connectivity index (χ1n) is 6.58. The molecule has 0 N–H and O–H groups in total. The van der Waals surface area contributed by atoms with Gasteiger partial charge in [-0.05, 0) is 38.0 Å². The molecule has 0 aliphatic heterocycles. The molecule has 98 valence electrons. The lowest BCUT2D eigenvalue weighted by Gasteiger charge is -2.08. The van der Waals surface area contributed by atoms with Gasteiger partial charge in [0.05, 0.1) is 5.69 Å². The summed E-state index contributed by atoms with van der Waals surface area (Å²) < 4.78 is 2.08. The molecule has 3 aromatic rings. The van der Waals surface area contributed by atoms with Crippen LogP contribution in [0.2, 0.25) is 0 Å². The SMILES string of the molecule is Cc1cc(C)n2c(-c3ccccc3)c(C)c(C#N)c2n1. The molecule has 0 saturated heterocycles. The molecule has 0 amide bonds. The second kappa shape index (κ2) is 4.50. The van der Waals surface area contributed by atoms with Crippen molar-refractivity contribution in [2.24, 2.45) is 0 Å². The molecule has 3 heteroatoms. The molecular weight excluding hydrogens is 246 g/mol. The molecule has 0 aliphatic rings. The lowest BCUT2D eigenvalue weighted by molar-refractivity contribution is 1.03. The van der Waals surface area contributed by atoms with E-state index in [1.807, 2.05) is 38.1 Å². The fourth-order valence-corrected chi connectivity index (χ4v) is 2.76. The highest BCUT2D eigenvalue weighted by Gasteiger charge is 2.18. The van der Waals surface area contributed by atoms with Crippen LogP contribution in [0.3, 0.4) is 0 Å². The highest BCUT2D eigenvalue weighted by molar-refractivity contribution is 5.77. The average Bonchev–Trinajstić information content (AvgIpc) is 2.71. The van der Waals surface area contributed by atoms with Crippen LogP contribution in [-0.4, -0.2) is 9.38 Å². The van der Waals surface area contributed by atoms with Crippen LogP contribution in [-0.2, 0) is 0 Å². The Bertz CT molecular complexity index is 836. The van der Waals surface area contributed by atoms with E-state index < -0.39 is 0 Å². The second-order valence-corrected chi connectivity index (χ2v) is 5.02. The summed E-state index contributed by atoms with van der Waals surface area (Å²) in [4.78, 5) is 4.55. The van der Waals surface area contributed by atoms with Crippen molar-refractivity contribution >= 4 is 5.65 Å². The second-order valence-electron chi connectivity index (χ2n) is 5.02. The molecule has 3 nitrogen and oxygen atoms in total. The molecule has 1 aromatic carbocycles. The van der Waals surface area contributed by atoms with Crippen LogP contribution < -0.4 is 0 Å². The van der Waals surface area contributed by atoms with Gasteiger partial charge in [0.2, 0.25) is 0 Å². The quantitative estimate of drug-likeness (QED) is 0.668.